The van der Waals surface area contributed by atoms with Crippen LogP contribution in [0.1, 0.15) is 12.5 Å². The minimum atomic E-state index is -3.50. The minimum Gasteiger partial charge on any atom is -0.494 e. The van der Waals surface area contributed by atoms with Gasteiger partial charge in [-0.05, 0) is 55.3 Å². The van der Waals surface area contributed by atoms with Crippen LogP contribution in [0, 0.1) is 0 Å². The lowest BCUT2D eigenvalue weighted by Crippen LogP contribution is -2.25. The van der Waals surface area contributed by atoms with Crippen LogP contribution in [0.3, 0.4) is 0 Å². The van der Waals surface area contributed by atoms with E-state index in [1.54, 1.807) is 24.3 Å². The van der Waals surface area contributed by atoms with E-state index in [9.17, 15) is 8.42 Å². The Balaban J connectivity index is 1.94. The molecule has 0 aromatic heterocycles. The number of hydrogen-bond acceptors (Lipinski definition) is 4. The Hall–Kier alpha value is -2.05. The molecule has 3 N–H and O–H groups in total. The summed E-state index contributed by atoms with van der Waals surface area (Å²) in [7, 11) is -3.50. The van der Waals surface area contributed by atoms with Gasteiger partial charge >= 0.3 is 0 Å². The summed E-state index contributed by atoms with van der Waals surface area (Å²) in [5.74, 6) is 0.656. The topological polar surface area (TPSA) is 81.4 Å². The van der Waals surface area contributed by atoms with Gasteiger partial charge in [-0.2, -0.15) is 0 Å². The van der Waals surface area contributed by atoms with Crippen LogP contribution in [0.2, 0.25) is 0 Å². The predicted octanol–water partition coefficient (Wildman–Crippen LogP) is 2.19. The molecule has 2 rings (SSSR count). The number of nitrogens with two attached hydrogens (primary N) is 1. The van der Waals surface area contributed by atoms with Gasteiger partial charge in [0, 0.05) is 12.2 Å². The van der Waals surface area contributed by atoms with Gasteiger partial charge in [-0.3, -0.25) is 0 Å². The van der Waals surface area contributed by atoms with Gasteiger partial charge < -0.3 is 10.5 Å². The lowest BCUT2D eigenvalue weighted by molar-refractivity contribution is 0.340. The van der Waals surface area contributed by atoms with Gasteiger partial charge in [0.1, 0.15) is 5.75 Å². The van der Waals surface area contributed by atoms with Crippen LogP contribution in [0.15, 0.2) is 53.4 Å². The molecule has 0 aliphatic carbocycles. The summed E-state index contributed by atoms with van der Waals surface area (Å²) in [5, 5.41) is 0. The third-order valence-electron chi connectivity index (χ3n) is 3.13. The van der Waals surface area contributed by atoms with Crippen molar-refractivity contribution in [1.82, 2.24) is 4.72 Å². The Morgan fingerprint density at radius 2 is 1.68 bits per heavy atom. The van der Waals surface area contributed by atoms with Gasteiger partial charge in [-0.25, -0.2) is 13.1 Å². The largest absolute Gasteiger partial charge is 0.494 e. The quantitative estimate of drug-likeness (QED) is 0.766. The number of nitrogen functional groups attached to an aromatic ring is 1. The molecule has 0 atom stereocenters. The van der Waals surface area contributed by atoms with Crippen LogP contribution in [-0.4, -0.2) is 21.6 Å². The standard InChI is InChI=1S/C16H20N2O3S/c1-2-21-15-7-9-16(10-8-15)22(19,20)18-12-11-13-3-5-14(17)6-4-13/h3-10,18H,2,11-12,17H2,1H3. The first-order valence-electron chi connectivity index (χ1n) is 7.08. The summed E-state index contributed by atoms with van der Waals surface area (Å²) >= 11 is 0. The van der Waals surface area contributed by atoms with E-state index in [1.807, 2.05) is 19.1 Å². The maximum atomic E-state index is 12.2. The average Bonchev–Trinajstić information content (AvgIpc) is 2.50. The number of hydrogen-bond donors (Lipinski definition) is 2. The lowest BCUT2D eigenvalue weighted by Gasteiger charge is -2.08. The highest BCUT2D eigenvalue weighted by atomic mass is 32.2. The molecule has 118 valence electrons. The van der Waals surface area contributed by atoms with Crippen molar-refractivity contribution in [1.29, 1.82) is 0 Å². The fourth-order valence-corrected chi connectivity index (χ4v) is 3.01. The van der Waals surface area contributed by atoms with E-state index in [-0.39, 0.29) is 4.90 Å². The maximum absolute atomic E-state index is 12.2. The highest BCUT2D eigenvalue weighted by molar-refractivity contribution is 7.89. The molecule has 0 saturated carbocycles. The number of nitrogens with one attached hydrogen (secondary N) is 1. The van der Waals surface area contributed by atoms with Gasteiger partial charge in [0.15, 0.2) is 0 Å². The first-order chi connectivity index (χ1) is 10.5. The van der Waals surface area contributed by atoms with E-state index in [0.29, 0.717) is 31.0 Å². The van der Waals surface area contributed by atoms with Crippen LogP contribution in [0.25, 0.3) is 0 Å². The molecule has 0 heterocycles. The molecule has 0 amide bonds. The van der Waals surface area contributed by atoms with E-state index < -0.39 is 10.0 Å². The molecule has 0 aliphatic rings. The van der Waals surface area contributed by atoms with E-state index in [1.165, 1.54) is 12.1 Å². The highest BCUT2D eigenvalue weighted by Gasteiger charge is 2.13. The van der Waals surface area contributed by atoms with Crippen molar-refractivity contribution in [3.63, 3.8) is 0 Å². The maximum Gasteiger partial charge on any atom is 0.240 e. The zero-order valence-corrected chi connectivity index (χ0v) is 13.3. The molecule has 0 bridgehead atoms. The summed E-state index contributed by atoms with van der Waals surface area (Å²) in [5.41, 5.74) is 7.34. The Bertz CT molecular complexity index is 695. The second kappa shape index (κ2) is 7.29. The molecule has 22 heavy (non-hydrogen) atoms. The van der Waals surface area contributed by atoms with Crippen LogP contribution < -0.4 is 15.2 Å². The molecule has 5 nitrogen and oxygen atoms in total. The fraction of sp³-hybridized carbons (Fsp3) is 0.250. The highest BCUT2D eigenvalue weighted by Crippen LogP contribution is 2.15. The SMILES string of the molecule is CCOc1ccc(S(=O)(=O)NCCc2ccc(N)cc2)cc1. The first-order valence-corrected chi connectivity index (χ1v) is 8.56. The van der Waals surface area contributed by atoms with Crippen molar-refractivity contribution in [2.45, 2.75) is 18.2 Å². The number of ether oxygens (including phenoxy) is 1. The van der Waals surface area contributed by atoms with Crippen LogP contribution in [-0.2, 0) is 16.4 Å². The first kappa shape index (κ1) is 16.3. The Labute approximate surface area is 131 Å². The summed E-state index contributed by atoms with van der Waals surface area (Å²) in [4.78, 5) is 0.230. The Morgan fingerprint density at radius 1 is 1.05 bits per heavy atom. The molecule has 0 radical (unpaired) electrons. The van der Waals surface area contributed by atoms with Crippen molar-refractivity contribution in [2.24, 2.45) is 0 Å². The lowest BCUT2D eigenvalue weighted by atomic mass is 10.1. The molecule has 2 aromatic carbocycles. The molecule has 0 saturated heterocycles. The van der Waals surface area contributed by atoms with E-state index in [0.717, 1.165) is 5.56 Å². The smallest absolute Gasteiger partial charge is 0.240 e. The molecule has 2 aromatic rings. The summed E-state index contributed by atoms with van der Waals surface area (Å²) in [6.45, 7) is 2.76. The molecular formula is C16H20N2O3S. The van der Waals surface area contributed by atoms with Gasteiger partial charge in [-0.1, -0.05) is 12.1 Å². The normalized spacial score (nSPS) is 11.3. The van der Waals surface area contributed by atoms with Gasteiger partial charge in [-0.15, -0.1) is 0 Å². The van der Waals surface area contributed by atoms with Crippen molar-refractivity contribution in [3.8, 4) is 5.75 Å². The summed E-state index contributed by atoms with van der Waals surface area (Å²) < 4.78 is 32.2. The van der Waals surface area contributed by atoms with Crippen molar-refractivity contribution in [2.75, 3.05) is 18.9 Å². The molecule has 0 fully saturated rings. The molecule has 0 spiro atoms. The predicted molar refractivity (Wildman–Crippen MR) is 87.4 cm³/mol. The molecule has 6 heteroatoms. The number of rotatable bonds is 7. The van der Waals surface area contributed by atoms with E-state index in [4.69, 9.17) is 10.5 Å². The zero-order chi connectivity index (χ0) is 16.0. The Morgan fingerprint density at radius 3 is 2.27 bits per heavy atom. The summed E-state index contributed by atoms with van der Waals surface area (Å²) in [6, 6.07) is 13.8. The number of anilines is 1. The van der Waals surface area contributed by atoms with E-state index in [2.05, 4.69) is 4.72 Å². The summed E-state index contributed by atoms with van der Waals surface area (Å²) in [6.07, 6.45) is 0.608. The zero-order valence-electron chi connectivity index (χ0n) is 12.5. The second-order valence-electron chi connectivity index (χ2n) is 4.79. The van der Waals surface area contributed by atoms with E-state index >= 15 is 0 Å². The molecule has 0 unspecified atom stereocenters. The van der Waals surface area contributed by atoms with Crippen LogP contribution in [0.5, 0.6) is 5.75 Å². The second-order valence-corrected chi connectivity index (χ2v) is 6.56. The van der Waals surface area contributed by atoms with Gasteiger partial charge in [0.05, 0.1) is 11.5 Å². The number of sulfonamides is 1. The van der Waals surface area contributed by atoms with Crippen LogP contribution >= 0.6 is 0 Å². The third-order valence-corrected chi connectivity index (χ3v) is 4.61. The monoisotopic (exact) mass is 320 g/mol. The van der Waals surface area contributed by atoms with Crippen molar-refractivity contribution in [3.05, 3.63) is 54.1 Å². The van der Waals surface area contributed by atoms with Gasteiger partial charge in [0.2, 0.25) is 10.0 Å². The molecular weight excluding hydrogens is 300 g/mol. The van der Waals surface area contributed by atoms with Crippen molar-refractivity contribution >= 4 is 15.7 Å². The minimum absolute atomic E-state index is 0.230. The fourth-order valence-electron chi connectivity index (χ4n) is 1.98. The Kier molecular flexibility index (Phi) is 5.41. The van der Waals surface area contributed by atoms with Gasteiger partial charge in [0.25, 0.3) is 0 Å². The number of benzene rings is 2. The van der Waals surface area contributed by atoms with Crippen LogP contribution in [0.4, 0.5) is 5.69 Å². The molecule has 0 aliphatic heterocycles. The third kappa shape index (κ3) is 4.47. The van der Waals surface area contributed by atoms with Crippen molar-refractivity contribution < 1.29 is 13.2 Å². The average molecular weight is 320 g/mol.